The summed E-state index contributed by atoms with van der Waals surface area (Å²) in [4.78, 5) is 12.1. The first-order chi connectivity index (χ1) is 11.6. The second-order valence-corrected chi connectivity index (χ2v) is 5.10. The Morgan fingerprint density at radius 1 is 0.958 bits per heavy atom. The van der Waals surface area contributed by atoms with Crippen molar-refractivity contribution in [3.63, 3.8) is 0 Å². The summed E-state index contributed by atoms with van der Waals surface area (Å²) in [5, 5.41) is 10.5. The summed E-state index contributed by atoms with van der Waals surface area (Å²) >= 11 is 0. The standard InChI is InChI=1S/C18H14FN3O2/c1-12-2-11-17(22-21-12)24-16-9-3-13(4-10-16)18(23)20-15-7-5-14(19)6-8-15/h2-11H,1H3,(H,20,23). The summed E-state index contributed by atoms with van der Waals surface area (Å²) in [7, 11) is 0. The predicted molar refractivity (Wildman–Crippen MR) is 87.6 cm³/mol. The third-order valence-electron chi connectivity index (χ3n) is 3.21. The minimum Gasteiger partial charge on any atom is -0.438 e. The lowest BCUT2D eigenvalue weighted by Gasteiger charge is -2.07. The minimum absolute atomic E-state index is 0.289. The van der Waals surface area contributed by atoms with Gasteiger partial charge in [0.05, 0.1) is 5.69 Å². The summed E-state index contributed by atoms with van der Waals surface area (Å²) in [6, 6.07) is 15.7. The Hall–Kier alpha value is -3.28. The molecule has 0 aliphatic rings. The Morgan fingerprint density at radius 2 is 1.67 bits per heavy atom. The van der Waals surface area contributed by atoms with Gasteiger partial charge in [-0.25, -0.2) is 4.39 Å². The molecular formula is C18H14FN3O2. The third-order valence-corrected chi connectivity index (χ3v) is 3.21. The molecule has 1 heterocycles. The molecule has 3 aromatic rings. The lowest BCUT2D eigenvalue weighted by atomic mass is 10.2. The number of nitrogens with zero attached hydrogens (tertiary/aromatic N) is 2. The molecule has 0 saturated heterocycles. The van der Waals surface area contributed by atoms with Gasteiger partial charge in [-0.05, 0) is 61.5 Å². The van der Waals surface area contributed by atoms with Crippen molar-refractivity contribution in [2.24, 2.45) is 0 Å². The minimum atomic E-state index is -0.353. The summed E-state index contributed by atoms with van der Waals surface area (Å²) in [6.45, 7) is 1.84. The van der Waals surface area contributed by atoms with E-state index < -0.39 is 0 Å². The van der Waals surface area contributed by atoms with Gasteiger partial charge < -0.3 is 10.1 Å². The third kappa shape index (κ3) is 3.92. The Kier molecular flexibility index (Phi) is 4.47. The summed E-state index contributed by atoms with van der Waals surface area (Å²) in [6.07, 6.45) is 0. The van der Waals surface area contributed by atoms with Gasteiger partial charge in [0, 0.05) is 17.3 Å². The molecule has 0 unspecified atom stereocenters. The van der Waals surface area contributed by atoms with Gasteiger partial charge in [-0.1, -0.05) is 0 Å². The Morgan fingerprint density at radius 3 is 2.29 bits per heavy atom. The number of hydrogen-bond acceptors (Lipinski definition) is 4. The summed E-state index contributed by atoms with van der Waals surface area (Å²) < 4.78 is 18.4. The van der Waals surface area contributed by atoms with Crippen molar-refractivity contribution in [3.05, 3.63) is 77.7 Å². The first kappa shape index (κ1) is 15.6. The van der Waals surface area contributed by atoms with E-state index in [2.05, 4.69) is 15.5 Å². The first-order valence-electron chi connectivity index (χ1n) is 7.25. The number of halogens is 1. The van der Waals surface area contributed by atoms with Crippen LogP contribution in [-0.2, 0) is 0 Å². The van der Waals surface area contributed by atoms with Crippen LogP contribution < -0.4 is 10.1 Å². The van der Waals surface area contributed by atoms with Crippen molar-refractivity contribution in [2.75, 3.05) is 5.32 Å². The SMILES string of the molecule is Cc1ccc(Oc2ccc(C(=O)Nc3ccc(F)cc3)cc2)nn1. The molecular weight excluding hydrogens is 309 g/mol. The van der Waals surface area contributed by atoms with E-state index >= 15 is 0 Å². The van der Waals surface area contributed by atoms with E-state index in [9.17, 15) is 9.18 Å². The zero-order valence-corrected chi connectivity index (χ0v) is 12.9. The van der Waals surface area contributed by atoms with Crippen LogP contribution in [0.1, 0.15) is 16.1 Å². The number of ether oxygens (including phenoxy) is 1. The van der Waals surface area contributed by atoms with Gasteiger partial charge in [-0.3, -0.25) is 4.79 Å². The largest absolute Gasteiger partial charge is 0.438 e. The maximum absolute atomic E-state index is 12.9. The Balaban J connectivity index is 1.66. The zero-order valence-electron chi connectivity index (χ0n) is 12.9. The predicted octanol–water partition coefficient (Wildman–Crippen LogP) is 3.97. The number of rotatable bonds is 4. The van der Waals surface area contributed by atoms with Crippen molar-refractivity contribution in [1.29, 1.82) is 0 Å². The van der Waals surface area contributed by atoms with Crippen LogP contribution in [0.3, 0.4) is 0 Å². The van der Waals surface area contributed by atoms with Gasteiger partial charge in [0.1, 0.15) is 11.6 Å². The molecule has 0 aliphatic heterocycles. The zero-order chi connectivity index (χ0) is 16.9. The van der Waals surface area contributed by atoms with E-state index in [-0.39, 0.29) is 11.7 Å². The normalized spacial score (nSPS) is 10.2. The van der Waals surface area contributed by atoms with Crippen LogP contribution in [0.2, 0.25) is 0 Å². The van der Waals surface area contributed by atoms with Gasteiger partial charge in [0.2, 0.25) is 5.88 Å². The highest BCUT2D eigenvalue weighted by atomic mass is 19.1. The molecule has 0 spiro atoms. The first-order valence-corrected chi connectivity index (χ1v) is 7.25. The van der Waals surface area contributed by atoms with E-state index in [0.717, 1.165) is 5.69 Å². The summed E-state index contributed by atoms with van der Waals surface area (Å²) in [5.74, 6) is 0.285. The van der Waals surface area contributed by atoms with Gasteiger partial charge in [-0.2, -0.15) is 5.10 Å². The molecule has 1 aromatic heterocycles. The molecule has 1 amide bonds. The van der Waals surface area contributed by atoms with Gasteiger partial charge in [0.15, 0.2) is 0 Å². The van der Waals surface area contributed by atoms with E-state index in [1.165, 1.54) is 24.3 Å². The highest BCUT2D eigenvalue weighted by Gasteiger charge is 2.07. The number of carbonyl (C=O) groups excluding carboxylic acids is 1. The van der Waals surface area contributed by atoms with Crippen LogP contribution in [0, 0.1) is 12.7 Å². The molecule has 0 radical (unpaired) electrons. The number of benzene rings is 2. The fraction of sp³-hybridized carbons (Fsp3) is 0.0556. The number of carbonyl (C=O) groups is 1. The number of hydrogen-bond donors (Lipinski definition) is 1. The quantitative estimate of drug-likeness (QED) is 0.789. The monoisotopic (exact) mass is 323 g/mol. The molecule has 0 atom stereocenters. The maximum Gasteiger partial charge on any atom is 0.255 e. The fourth-order valence-corrected chi connectivity index (χ4v) is 1.97. The Bertz CT molecular complexity index is 832. The molecule has 3 rings (SSSR count). The molecule has 0 fully saturated rings. The Labute approximate surface area is 138 Å². The fourth-order valence-electron chi connectivity index (χ4n) is 1.97. The second kappa shape index (κ2) is 6.87. The number of aryl methyl sites for hydroxylation is 1. The molecule has 24 heavy (non-hydrogen) atoms. The number of nitrogens with one attached hydrogen (secondary N) is 1. The van der Waals surface area contributed by atoms with E-state index in [0.29, 0.717) is 22.9 Å². The number of anilines is 1. The topological polar surface area (TPSA) is 64.1 Å². The number of amides is 1. The highest BCUT2D eigenvalue weighted by molar-refractivity contribution is 6.04. The molecule has 0 saturated carbocycles. The molecule has 2 aromatic carbocycles. The molecule has 120 valence electrons. The average molecular weight is 323 g/mol. The van der Waals surface area contributed by atoms with Crippen molar-refractivity contribution >= 4 is 11.6 Å². The van der Waals surface area contributed by atoms with Crippen LogP contribution in [0.4, 0.5) is 10.1 Å². The van der Waals surface area contributed by atoms with Crippen LogP contribution in [-0.4, -0.2) is 16.1 Å². The van der Waals surface area contributed by atoms with E-state index in [1.807, 2.05) is 6.92 Å². The van der Waals surface area contributed by atoms with E-state index in [1.54, 1.807) is 36.4 Å². The van der Waals surface area contributed by atoms with Crippen molar-refractivity contribution in [3.8, 4) is 11.6 Å². The molecule has 0 bridgehead atoms. The number of aromatic nitrogens is 2. The van der Waals surface area contributed by atoms with Crippen LogP contribution in [0.25, 0.3) is 0 Å². The molecule has 6 heteroatoms. The highest BCUT2D eigenvalue weighted by Crippen LogP contribution is 2.20. The molecule has 1 N–H and O–H groups in total. The van der Waals surface area contributed by atoms with Crippen LogP contribution >= 0.6 is 0 Å². The smallest absolute Gasteiger partial charge is 0.255 e. The molecule has 5 nitrogen and oxygen atoms in total. The van der Waals surface area contributed by atoms with Gasteiger partial charge in [-0.15, -0.1) is 5.10 Å². The molecule has 0 aliphatic carbocycles. The maximum atomic E-state index is 12.9. The summed E-state index contributed by atoms with van der Waals surface area (Å²) in [5.41, 5.74) is 1.79. The second-order valence-electron chi connectivity index (χ2n) is 5.10. The van der Waals surface area contributed by atoms with Crippen molar-refractivity contribution in [1.82, 2.24) is 10.2 Å². The lowest BCUT2D eigenvalue weighted by Crippen LogP contribution is -2.11. The lowest BCUT2D eigenvalue weighted by molar-refractivity contribution is 0.102. The van der Waals surface area contributed by atoms with Crippen LogP contribution in [0.5, 0.6) is 11.6 Å². The van der Waals surface area contributed by atoms with Gasteiger partial charge in [0.25, 0.3) is 5.91 Å². The van der Waals surface area contributed by atoms with Gasteiger partial charge >= 0.3 is 0 Å². The van der Waals surface area contributed by atoms with Crippen molar-refractivity contribution in [2.45, 2.75) is 6.92 Å². The van der Waals surface area contributed by atoms with Crippen molar-refractivity contribution < 1.29 is 13.9 Å². The van der Waals surface area contributed by atoms with Crippen LogP contribution in [0.15, 0.2) is 60.7 Å². The van der Waals surface area contributed by atoms with E-state index in [4.69, 9.17) is 4.74 Å². The average Bonchev–Trinajstić information content (AvgIpc) is 2.59.